The van der Waals surface area contributed by atoms with Gasteiger partial charge in [-0.05, 0) is 12.1 Å². The van der Waals surface area contributed by atoms with Gasteiger partial charge in [-0.15, -0.1) is 13.2 Å². The summed E-state index contributed by atoms with van der Waals surface area (Å²) >= 11 is 0. The molecular formula is C8H10F3NO2. The SMILES string of the molecule is FC(F)(F)OCCNCc1ccco1. The molecule has 6 heteroatoms. The van der Waals surface area contributed by atoms with Crippen LogP contribution in [0.25, 0.3) is 0 Å². The molecule has 0 spiro atoms. The second kappa shape index (κ2) is 5.02. The molecule has 0 saturated heterocycles. The van der Waals surface area contributed by atoms with Crippen molar-refractivity contribution in [1.29, 1.82) is 0 Å². The lowest BCUT2D eigenvalue weighted by atomic mass is 10.4. The van der Waals surface area contributed by atoms with Crippen LogP contribution in [-0.4, -0.2) is 19.5 Å². The van der Waals surface area contributed by atoms with E-state index in [0.29, 0.717) is 12.3 Å². The first-order valence-corrected chi connectivity index (χ1v) is 4.02. The number of ether oxygens (including phenoxy) is 1. The van der Waals surface area contributed by atoms with Gasteiger partial charge in [-0.2, -0.15) is 0 Å². The minimum atomic E-state index is -4.55. The highest BCUT2D eigenvalue weighted by molar-refractivity contribution is 4.97. The number of hydrogen-bond donors (Lipinski definition) is 1. The molecule has 0 aliphatic carbocycles. The van der Waals surface area contributed by atoms with E-state index in [9.17, 15) is 13.2 Å². The molecule has 3 nitrogen and oxygen atoms in total. The average Bonchev–Trinajstić information content (AvgIpc) is 2.54. The van der Waals surface area contributed by atoms with Crippen LogP contribution in [0.1, 0.15) is 5.76 Å². The molecule has 0 saturated carbocycles. The summed E-state index contributed by atoms with van der Waals surface area (Å²) in [4.78, 5) is 0. The predicted octanol–water partition coefficient (Wildman–Crippen LogP) is 1.91. The highest BCUT2D eigenvalue weighted by Crippen LogP contribution is 2.15. The molecule has 0 aromatic carbocycles. The van der Waals surface area contributed by atoms with Crippen LogP contribution in [0, 0.1) is 0 Å². The van der Waals surface area contributed by atoms with Gasteiger partial charge in [-0.3, -0.25) is 4.74 Å². The molecule has 1 N–H and O–H groups in total. The molecule has 0 unspecified atom stereocenters. The summed E-state index contributed by atoms with van der Waals surface area (Å²) in [5.41, 5.74) is 0. The highest BCUT2D eigenvalue weighted by Gasteiger charge is 2.28. The summed E-state index contributed by atoms with van der Waals surface area (Å²) in [7, 11) is 0. The predicted molar refractivity (Wildman–Crippen MR) is 42.4 cm³/mol. The summed E-state index contributed by atoms with van der Waals surface area (Å²) in [5.74, 6) is 0.678. The van der Waals surface area contributed by atoms with Crippen molar-refractivity contribution in [2.75, 3.05) is 13.2 Å². The van der Waals surface area contributed by atoms with Crippen LogP contribution >= 0.6 is 0 Å². The lowest BCUT2D eigenvalue weighted by Gasteiger charge is -2.07. The molecule has 0 amide bonds. The normalized spacial score (nSPS) is 11.9. The minimum absolute atomic E-state index is 0.125. The Labute approximate surface area is 78.8 Å². The number of halogens is 3. The number of rotatable bonds is 5. The average molecular weight is 209 g/mol. The van der Waals surface area contributed by atoms with Crippen LogP contribution in [0.15, 0.2) is 22.8 Å². The van der Waals surface area contributed by atoms with Gasteiger partial charge in [0.15, 0.2) is 0 Å². The molecule has 1 rings (SSSR count). The van der Waals surface area contributed by atoms with Crippen LogP contribution in [-0.2, 0) is 11.3 Å². The Kier molecular flexibility index (Phi) is 3.97. The summed E-state index contributed by atoms with van der Waals surface area (Å²) < 4.78 is 43.0. The fraction of sp³-hybridized carbons (Fsp3) is 0.500. The van der Waals surface area contributed by atoms with Gasteiger partial charge >= 0.3 is 6.36 Å². The Morgan fingerprint density at radius 1 is 1.43 bits per heavy atom. The van der Waals surface area contributed by atoms with Crippen molar-refractivity contribution in [3.05, 3.63) is 24.2 Å². The molecule has 0 bridgehead atoms. The van der Waals surface area contributed by atoms with E-state index in [-0.39, 0.29) is 6.54 Å². The standard InChI is InChI=1S/C8H10F3NO2/c9-8(10,11)14-5-3-12-6-7-2-1-4-13-7/h1-2,4,12H,3,5-6H2. The number of furan rings is 1. The third kappa shape index (κ3) is 4.88. The van der Waals surface area contributed by atoms with E-state index in [4.69, 9.17) is 4.42 Å². The van der Waals surface area contributed by atoms with Gasteiger partial charge in [-0.1, -0.05) is 0 Å². The first-order chi connectivity index (χ1) is 6.58. The summed E-state index contributed by atoms with van der Waals surface area (Å²) in [5, 5.41) is 2.74. The Hall–Kier alpha value is -1.01. The topological polar surface area (TPSA) is 34.4 Å². The zero-order valence-electron chi connectivity index (χ0n) is 7.30. The van der Waals surface area contributed by atoms with Crippen molar-refractivity contribution in [3.63, 3.8) is 0 Å². The zero-order chi connectivity index (χ0) is 10.4. The first kappa shape index (κ1) is 11.1. The Morgan fingerprint density at radius 2 is 2.21 bits per heavy atom. The second-order valence-electron chi connectivity index (χ2n) is 2.55. The van der Waals surface area contributed by atoms with Crippen LogP contribution in [0.4, 0.5) is 13.2 Å². The number of hydrogen-bond acceptors (Lipinski definition) is 3. The van der Waals surface area contributed by atoms with Gasteiger partial charge in [0.2, 0.25) is 0 Å². The van der Waals surface area contributed by atoms with Gasteiger partial charge < -0.3 is 9.73 Å². The Balaban J connectivity index is 2.00. The summed E-state index contributed by atoms with van der Waals surface area (Å²) in [6.45, 7) is 0.124. The quantitative estimate of drug-likeness (QED) is 0.752. The van der Waals surface area contributed by atoms with Crippen molar-refractivity contribution in [3.8, 4) is 0 Å². The maximum Gasteiger partial charge on any atom is 0.522 e. The fourth-order valence-corrected chi connectivity index (χ4v) is 0.864. The molecule has 1 heterocycles. The smallest absolute Gasteiger partial charge is 0.468 e. The highest BCUT2D eigenvalue weighted by atomic mass is 19.4. The van der Waals surface area contributed by atoms with Gasteiger partial charge in [0.1, 0.15) is 5.76 Å². The third-order valence-corrected chi connectivity index (χ3v) is 1.42. The van der Waals surface area contributed by atoms with Crippen LogP contribution < -0.4 is 5.32 Å². The van der Waals surface area contributed by atoms with E-state index in [2.05, 4.69) is 10.1 Å². The van der Waals surface area contributed by atoms with Crippen LogP contribution in [0.5, 0.6) is 0 Å². The molecule has 14 heavy (non-hydrogen) atoms. The molecule has 0 radical (unpaired) electrons. The fourth-order valence-electron chi connectivity index (χ4n) is 0.864. The lowest BCUT2D eigenvalue weighted by molar-refractivity contribution is -0.323. The Bertz CT molecular complexity index is 246. The molecular weight excluding hydrogens is 199 g/mol. The van der Waals surface area contributed by atoms with Crippen LogP contribution in [0.3, 0.4) is 0 Å². The van der Waals surface area contributed by atoms with E-state index in [0.717, 1.165) is 0 Å². The molecule has 0 fully saturated rings. The molecule has 0 atom stereocenters. The third-order valence-electron chi connectivity index (χ3n) is 1.42. The molecule has 80 valence electrons. The Morgan fingerprint density at radius 3 is 2.79 bits per heavy atom. The number of nitrogens with one attached hydrogen (secondary N) is 1. The van der Waals surface area contributed by atoms with Gasteiger partial charge in [-0.25, -0.2) is 0 Å². The molecule has 0 aliphatic heterocycles. The van der Waals surface area contributed by atoms with Crippen LogP contribution in [0.2, 0.25) is 0 Å². The van der Waals surface area contributed by atoms with Gasteiger partial charge in [0.05, 0.1) is 19.4 Å². The van der Waals surface area contributed by atoms with E-state index in [1.165, 1.54) is 6.26 Å². The van der Waals surface area contributed by atoms with Gasteiger partial charge in [0.25, 0.3) is 0 Å². The molecule has 1 aromatic rings. The summed E-state index contributed by atoms with van der Waals surface area (Å²) in [6.07, 6.45) is -3.05. The molecule has 0 aliphatic rings. The minimum Gasteiger partial charge on any atom is -0.468 e. The summed E-state index contributed by atoms with van der Waals surface area (Å²) in [6, 6.07) is 3.45. The second-order valence-corrected chi connectivity index (χ2v) is 2.55. The van der Waals surface area contributed by atoms with Gasteiger partial charge in [0, 0.05) is 6.54 Å². The van der Waals surface area contributed by atoms with Crippen molar-refractivity contribution in [2.45, 2.75) is 12.9 Å². The van der Waals surface area contributed by atoms with Crippen molar-refractivity contribution >= 4 is 0 Å². The van der Waals surface area contributed by atoms with E-state index >= 15 is 0 Å². The largest absolute Gasteiger partial charge is 0.522 e. The van der Waals surface area contributed by atoms with Crippen molar-refractivity contribution in [1.82, 2.24) is 5.32 Å². The number of alkyl halides is 3. The van der Waals surface area contributed by atoms with E-state index in [1.54, 1.807) is 12.1 Å². The lowest BCUT2D eigenvalue weighted by Crippen LogP contribution is -2.23. The monoisotopic (exact) mass is 209 g/mol. The first-order valence-electron chi connectivity index (χ1n) is 4.02. The van der Waals surface area contributed by atoms with E-state index in [1.807, 2.05) is 0 Å². The maximum absolute atomic E-state index is 11.5. The van der Waals surface area contributed by atoms with Crippen molar-refractivity contribution < 1.29 is 22.3 Å². The maximum atomic E-state index is 11.5. The van der Waals surface area contributed by atoms with E-state index < -0.39 is 13.0 Å². The zero-order valence-corrected chi connectivity index (χ0v) is 7.30. The van der Waals surface area contributed by atoms with Crippen molar-refractivity contribution in [2.24, 2.45) is 0 Å². The molecule has 1 aromatic heterocycles.